The highest BCUT2D eigenvalue weighted by Crippen LogP contribution is 2.19. The van der Waals surface area contributed by atoms with Gasteiger partial charge in [-0.15, -0.1) is 0 Å². The van der Waals surface area contributed by atoms with Crippen LogP contribution in [0.3, 0.4) is 0 Å². The highest BCUT2D eigenvalue weighted by atomic mass is 16.3. The number of carbonyl (C=O) groups excluding carboxylic acids is 1. The first-order valence-corrected chi connectivity index (χ1v) is 6.37. The quantitative estimate of drug-likeness (QED) is 0.620. The summed E-state index contributed by atoms with van der Waals surface area (Å²) in [7, 11) is 0. The number of hydrogen-bond acceptors (Lipinski definition) is 4. The minimum absolute atomic E-state index is 0.125. The second-order valence-electron chi connectivity index (χ2n) is 4.79. The van der Waals surface area contributed by atoms with Crippen molar-refractivity contribution < 1.29 is 15.0 Å². The molecule has 0 aliphatic heterocycles. The number of hydrogen-bond donors (Lipinski definition) is 4. The van der Waals surface area contributed by atoms with E-state index in [1.165, 1.54) is 6.92 Å². The molecule has 0 saturated heterocycles. The van der Waals surface area contributed by atoms with Gasteiger partial charge in [0, 0.05) is 25.2 Å². The summed E-state index contributed by atoms with van der Waals surface area (Å²) in [5.41, 5.74) is 1.47. The predicted octanol–water partition coefficient (Wildman–Crippen LogP) is 1.04. The third-order valence-corrected chi connectivity index (χ3v) is 2.78. The van der Waals surface area contributed by atoms with E-state index in [0.717, 1.165) is 5.56 Å². The van der Waals surface area contributed by atoms with Crippen LogP contribution in [-0.4, -0.2) is 34.8 Å². The molecule has 0 fully saturated rings. The fourth-order valence-electron chi connectivity index (χ4n) is 1.72. The lowest BCUT2D eigenvalue weighted by molar-refractivity contribution is -0.114. The van der Waals surface area contributed by atoms with Crippen LogP contribution < -0.4 is 10.6 Å². The van der Waals surface area contributed by atoms with Crippen molar-refractivity contribution in [3.8, 4) is 0 Å². The van der Waals surface area contributed by atoms with Crippen LogP contribution in [0.15, 0.2) is 24.3 Å². The molecule has 0 spiro atoms. The first-order valence-electron chi connectivity index (χ1n) is 6.37. The van der Waals surface area contributed by atoms with Crippen LogP contribution in [0.4, 0.5) is 5.69 Å². The van der Waals surface area contributed by atoms with E-state index < -0.39 is 12.2 Å². The van der Waals surface area contributed by atoms with E-state index in [4.69, 9.17) is 0 Å². The highest BCUT2D eigenvalue weighted by Gasteiger charge is 2.16. The number of aliphatic hydroxyl groups excluding tert-OH is 2. The molecular weight excluding hydrogens is 244 g/mol. The summed E-state index contributed by atoms with van der Waals surface area (Å²) in [5.74, 6) is -0.125. The van der Waals surface area contributed by atoms with Gasteiger partial charge in [0.15, 0.2) is 0 Å². The van der Waals surface area contributed by atoms with E-state index in [9.17, 15) is 15.0 Å². The maximum Gasteiger partial charge on any atom is 0.221 e. The van der Waals surface area contributed by atoms with Crippen LogP contribution in [0, 0.1) is 0 Å². The summed E-state index contributed by atoms with van der Waals surface area (Å²) >= 11 is 0. The number of benzene rings is 1. The van der Waals surface area contributed by atoms with Crippen molar-refractivity contribution in [3.63, 3.8) is 0 Å². The fraction of sp³-hybridized carbons (Fsp3) is 0.500. The number of carbonyl (C=O) groups is 1. The zero-order chi connectivity index (χ0) is 14.4. The molecule has 0 aromatic heterocycles. The van der Waals surface area contributed by atoms with E-state index in [1.54, 1.807) is 31.2 Å². The molecule has 106 valence electrons. The Bertz CT molecular complexity index is 404. The van der Waals surface area contributed by atoms with Crippen LogP contribution in [0.2, 0.25) is 0 Å². The van der Waals surface area contributed by atoms with Gasteiger partial charge in [-0.1, -0.05) is 12.1 Å². The molecule has 3 atom stereocenters. The average molecular weight is 266 g/mol. The van der Waals surface area contributed by atoms with Crippen molar-refractivity contribution in [1.82, 2.24) is 5.32 Å². The Labute approximate surface area is 113 Å². The minimum Gasteiger partial charge on any atom is -0.392 e. The Morgan fingerprint density at radius 3 is 2.26 bits per heavy atom. The number of nitrogens with one attached hydrogen (secondary N) is 2. The van der Waals surface area contributed by atoms with Crippen LogP contribution in [0.5, 0.6) is 0 Å². The molecule has 0 saturated carbocycles. The maximum atomic E-state index is 10.9. The molecule has 3 unspecified atom stereocenters. The van der Waals surface area contributed by atoms with Gasteiger partial charge in [-0.2, -0.15) is 0 Å². The lowest BCUT2D eigenvalue weighted by Crippen LogP contribution is -2.36. The highest BCUT2D eigenvalue weighted by molar-refractivity contribution is 5.88. The Kier molecular flexibility index (Phi) is 5.95. The molecule has 1 aromatic rings. The molecule has 0 bridgehead atoms. The maximum absolute atomic E-state index is 10.9. The van der Waals surface area contributed by atoms with Gasteiger partial charge in [0.2, 0.25) is 5.91 Å². The molecule has 1 rings (SSSR count). The molecule has 0 aliphatic rings. The molecule has 0 heterocycles. The molecule has 19 heavy (non-hydrogen) atoms. The van der Waals surface area contributed by atoms with E-state index in [0.29, 0.717) is 12.2 Å². The molecule has 1 aromatic carbocycles. The monoisotopic (exact) mass is 266 g/mol. The molecule has 5 nitrogen and oxygen atoms in total. The van der Waals surface area contributed by atoms with E-state index in [2.05, 4.69) is 10.6 Å². The zero-order valence-electron chi connectivity index (χ0n) is 11.6. The van der Waals surface area contributed by atoms with Crippen LogP contribution >= 0.6 is 0 Å². The molecular formula is C14H22N2O3. The second-order valence-corrected chi connectivity index (χ2v) is 4.79. The third kappa shape index (κ3) is 5.38. The van der Waals surface area contributed by atoms with E-state index >= 15 is 0 Å². The standard InChI is InChI=1S/C14H22N2O3/c1-9(17)8-15-10(2)14(19)12-4-6-13(7-5-12)16-11(3)18/h4-7,9-10,14-15,17,19H,8H2,1-3H3,(H,16,18). The molecule has 0 aliphatic carbocycles. The first kappa shape index (κ1) is 15.6. The SMILES string of the molecule is CC(=O)Nc1ccc(C(O)C(C)NCC(C)O)cc1. The Morgan fingerprint density at radius 2 is 1.79 bits per heavy atom. The normalized spacial score (nSPS) is 15.6. The summed E-state index contributed by atoms with van der Waals surface area (Å²) in [6, 6.07) is 6.89. The summed E-state index contributed by atoms with van der Waals surface area (Å²) in [6.07, 6.45) is -1.11. The third-order valence-electron chi connectivity index (χ3n) is 2.78. The number of amides is 1. The fourth-order valence-corrected chi connectivity index (χ4v) is 1.72. The summed E-state index contributed by atoms with van der Waals surface area (Å²) in [4.78, 5) is 10.9. The van der Waals surface area contributed by atoms with E-state index in [1.807, 2.05) is 6.92 Å². The molecule has 5 heteroatoms. The van der Waals surface area contributed by atoms with Crippen molar-refractivity contribution in [2.75, 3.05) is 11.9 Å². The summed E-state index contributed by atoms with van der Waals surface area (Å²) in [6.45, 7) is 5.43. The van der Waals surface area contributed by atoms with Gasteiger partial charge in [-0.05, 0) is 31.5 Å². The van der Waals surface area contributed by atoms with Gasteiger partial charge in [0.25, 0.3) is 0 Å². The van der Waals surface area contributed by atoms with Crippen molar-refractivity contribution in [1.29, 1.82) is 0 Å². The predicted molar refractivity (Wildman–Crippen MR) is 74.9 cm³/mol. The second kappa shape index (κ2) is 7.23. The molecule has 1 amide bonds. The van der Waals surface area contributed by atoms with Crippen molar-refractivity contribution in [2.24, 2.45) is 0 Å². The number of rotatable bonds is 6. The lowest BCUT2D eigenvalue weighted by atomic mass is 10.0. The van der Waals surface area contributed by atoms with Crippen LogP contribution in [0.1, 0.15) is 32.4 Å². The minimum atomic E-state index is -0.662. The van der Waals surface area contributed by atoms with Crippen molar-refractivity contribution in [3.05, 3.63) is 29.8 Å². The van der Waals surface area contributed by atoms with E-state index in [-0.39, 0.29) is 11.9 Å². The average Bonchev–Trinajstić information content (AvgIpc) is 2.35. The largest absolute Gasteiger partial charge is 0.392 e. The Balaban J connectivity index is 2.61. The van der Waals surface area contributed by atoms with Gasteiger partial charge in [-0.25, -0.2) is 0 Å². The van der Waals surface area contributed by atoms with Gasteiger partial charge < -0.3 is 20.8 Å². The topological polar surface area (TPSA) is 81.6 Å². The zero-order valence-corrected chi connectivity index (χ0v) is 11.6. The van der Waals surface area contributed by atoms with Gasteiger partial charge in [0.05, 0.1) is 12.2 Å². The lowest BCUT2D eigenvalue weighted by Gasteiger charge is -2.21. The Morgan fingerprint density at radius 1 is 1.21 bits per heavy atom. The first-order chi connectivity index (χ1) is 8.90. The van der Waals surface area contributed by atoms with Gasteiger partial charge in [-0.3, -0.25) is 4.79 Å². The number of aliphatic hydroxyl groups is 2. The summed E-state index contributed by atoms with van der Waals surface area (Å²) in [5, 5.41) is 25.1. The smallest absolute Gasteiger partial charge is 0.221 e. The van der Waals surface area contributed by atoms with Crippen LogP contribution in [-0.2, 0) is 4.79 Å². The van der Waals surface area contributed by atoms with Gasteiger partial charge in [0.1, 0.15) is 0 Å². The number of anilines is 1. The van der Waals surface area contributed by atoms with Crippen LogP contribution in [0.25, 0.3) is 0 Å². The van der Waals surface area contributed by atoms with Crippen molar-refractivity contribution in [2.45, 2.75) is 39.0 Å². The van der Waals surface area contributed by atoms with Crippen molar-refractivity contribution >= 4 is 11.6 Å². The molecule has 4 N–H and O–H groups in total. The summed E-state index contributed by atoms with van der Waals surface area (Å²) < 4.78 is 0. The van der Waals surface area contributed by atoms with Gasteiger partial charge >= 0.3 is 0 Å². The molecule has 0 radical (unpaired) electrons. The Hall–Kier alpha value is -1.43.